The zero-order chi connectivity index (χ0) is 87.8. The summed E-state index contributed by atoms with van der Waals surface area (Å²) in [4.78, 5) is 61.5. The predicted molar refractivity (Wildman–Crippen MR) is 404 cm³/mol. The second-order valence-corrected chi connectivity index (χ2v) is 37.4. The number of fused-ring (bicyclic) bond motifs is 7. The number of esters is 1. The van der Waals surface area contributed by atoms with Crippen molar-refractivity contribution in [3.8, 4) is 0 Å². The first-order valence-electron chi connectivity index (χ1n) is 42.9. The Morgan fingerprint density at radius 2 is 1.00 bits per heavy atom. The van der Waals surface area contributed by atoms with E-state index in [0.29, 0.717) is 51.4 Å². The highest BCUT2D eigenvalue weighted by atomic mass is 16.8. The minimum atomic E-state index is -2.11. The quantitative estimate of drug-likeness (QED) is 0.0122. The largest absolute Gasteiger partial charge is 0.432 e. The van der Waals surface area contributed by atoms with Crippen LogP contribution in [0.1, 0.15) is 184 Å². The van der Waals surface area contributed by atoms with Crippen molar-refractivity contribution in [2.24, 2.45) is 50.2 Å². The number of hydrogen-bond donors (Lipinski definition) is 19. The van der Waals surface area contributed by atoms with Gasteiger partial charge in [0.1, 0.15) is 140 Å². The molecule has 120 heavy (non-hydrogen) atoms. The van der Waals surface area contributed by atoms with Crippen molar-refractivity contribution in [3.05, 3.63) is 11.6 Å². The number of carbonyl (C=O) groups excluding carboxylic acids is 5. The molecule has 0 radical (unpaired) electrons. The van der Waals surface area contributed by atoms with Crippen LogP contribution in [0.15, 0.2) is 11.6 Å². The standard InChI is InChI=1S/C81H133NO35.CO2/c1-10-11-12-13-14-15-16-17-18-19-49(90)82-50-43(30-83)109-74(67(65(50)114-70-60(100)55(95)51(91)36(2)107-70)116-71-62(102)57(97)63(37(3)108-71)112-68-58(98)52(92)40(86)32-104-68)117-75(103)81-27-26-76(4,5)28-39(81)38-20-21-46-77(6)24-23-48(78(7,35-85)45(77)22-25-79(46,8)80(38,9)29-47(81)89)111-73-66(115-72-61(101)56(96)54(94)44(31-84)110-72)64(42(88)34-106-73)113-69-59(99)53(93)41(87)33-105-69;2-1-3/h20,35-37,39-48,50-74,83-84,86-89,91-102H,10-19,21-34H2,1-9H3,(H,82,90);/t36-,37?,39?,40+,41+,42+,43?,44?,45+,46?,47?,48-,50-,51-,52?,53-,54-,55?,56-,57?,58+,59?,60-,61?,62-,63-,64-,65?,66?,67+,68-,69-,70?,71-,72-,73-,74-,77?,78+,79-,80+,81+;/m0./s1. The van der Waals surface area contributed by atoms with Crippen molar-refractivity contribution in [1.29, 1.82) is 0 Å². The third-order valence-corrected chi connectivity index (χ3v) is 29.4. The zero-order valence-electron chi connectivity index (χ0n) is 69.8. The molecule has 42 atom stereocenters. The highest BCUT2D eigenvalue weighted by Crippen LogP contribution is 2.76. The van der Waals surface area contributed by atoms with Gasteiger partial charge in [-0.1, -0.05) is 111 Å². The monoisotopic (exact) mass is 1720 g/mol. The molecule has 0 spiro atoms. The molecule has 0 aromatic carbocycles. The van der Waals surface area contributed by atoms with Crippen LogP contribution >= 0.6 is 0 Å². The van der Waals surface area contributed by atoms with E-state index in [-0.39, 0.29) is 37.8 Å². The van der Waals surface area contributed by atoms with Gasteiger partial charge in [0.15, 0.2) is 43.8 Å². The minimum absolute atomic E-state index is 0.0120. The number of aliphatic hydroxyl groups excluding tert-OH is 18. The van der Waals surface area contributed by atoms with E-state index in [1.54, 1.807) is 6.92 Å². The fourth-order valence-electron chi connectivity index (χ4n) is 22.0. The summed E-state index contributed by atoms with van der Waals surface area (Å²) >= 11 is 0. The van der Waals surface area contributed by atoms with Crippen LogP contribution in [0.4, 0.5) is 0 Å². The number of aliphatic hydroxyl groups is 18. The minimum Gasteiger partial charge on any atom is -0.432 e. The van der Waals surface area contributed by atoms with Crippen LogP contribution in [0.2, 0.25) is 0 Å². The number of aldehydes is 1. The number of rotatable bonds is 28. The van der Waals surface area contributed by atoms with E-state index in [2.05, 4.69) is 52.9 Å². The van der Waals surface area contributed by atoms with Gasteiger partial charge in [0.2, 0.25) is 12.2 Å². The summed E-state index contributed by atoms with van der Waals surface area (Å²) in [6, 6.07) is -1.52. The molecule has 0 aromatic rings. The summed E-state index contributed by atoms with van der Waals surface area (Å²) in [6.45, 7) is 14.2. The summed E-state index contributed by atoms with van der Waals surface area (Å²) in [5.41, 5.74) is -4.85. The lowest BCUT2D eigenvalue weighted by Gasteiger charge is -2.71. The molecule has 38 heteroatoms. The van der Waals surface area contributed by atoms with Crippen LogP contribution in [-0.4, -0.2) is 358 Å². The van der Waals surface area contributed by atoms with Crippen LogP contribution in [0.25, 0.3) is 0 Å². The number of ether oxygens (including phenoxy) is 14. The third-order valence-electron chi connectivity index (χ3n) is 29.4. The van der Waals surface area contributed by atoms with Crippen LogP contribution in [0, 0.1) is 50.2 Å². The summed E-state index contributed by atoms with van der Waals surface area (Å²) in [7, 11) is 0. The lowest BCUT2D eigenvalue weighted by molar-refractivity contribution is -0.384. The number of unbranched alkanes of at least 4 members (excludes halogenated alkanes) is 8. The highest BCUT2D eigenvalue weighted by Gasteiger charge is 2.73. The van der Waals surface area contributed by atoms with Gasteiger partial charge in [-0.25, -0.2) is 0 Å². The molecule has 12 rings (SSSR count). The first kappa shape index (κ1) is 97.1. The lowest BCUT2D eigenvalue weighted by atomic mass is 9.33. The maximum Gasteiger partial charge on any atom is 0.373 e. The molecular weight excluding hydrogens is 1590 g/mol. The number of allylic oxidation sites excluding steroid dienone is 2. The van der Waals surface area contributed by atoms with Gasteiger partial charge in [-0.2, -0.15) is 9.59 Å². The van der Waals surface area contributed by atoms with E-state index in [1.807, 2.05) is 0 Å². The SMILES string of the molecule is CCCCCCCCCCCC(=O)N[C@H]1C(CO)O[C@@H](OC(=O)[C@]23CCC(C)(C)CC2C2=CCC4C5(C)CC[C@H](O[C@@H]6OC[C@@H](O)[C@H](O[C@@H]7OC[C@@H](O)[C@H](O)C7O)C6O[C@@H]6OC(CO)[C@H](O)[C@H](O)C6O)[C@](C)(C=O)[C@@H]5CC[C@]4(C)[C@]2(C)CC3O)[C@H](O[C@@H]2OC(C)[C@H](O[C@@H]3OC[C@@H](O)C(O)[C@H]3O)C(O)[C@@H]2O)C1OC1O[C@@H](C)[C@H](O)C(O)[C@@H]1O.O=C=O. The van der Waals surface area contributed by atoms with E-state index in [1.165, 1.54) is 13.8 Å². The second-order valence-electron chi connectivity index (χ2n) is 37.4. The maximum atomic E-state index is 16.5. The van der Waals surface area contributed by atoms with Gasteiger partial charge in [-0.05, 0) is 117 Å². The van der Waals surface area contributed by atoms with Crippen LogP contribution in [-0.2, 0) is 90.3 Å². The van der Waals surface area contributed by atoms with Crippen molar-refractivity contribution < 1.29 is 182 Å². The average molecular weight is 1720 g/mol. The Morgan fingerprint density at radius 3 is 1.59 bits per heavy atom. The van der Waals surface area contributed by atoms with Crippen molar-refractivity contribution in [3.63, 3.8) is 0 Å². The van der Waals surface area contributed by atoms with Gasteiger partial charge in [0.05, 0.1) is 68.9 Å². The van der Waals surface area contributed by atoms with Gasteiger partial charge in [-0.15, -0.1) is 0 Å². The molecule has 7 heterocycles. The molecular formula is C82H133NO37. The summed E-state index contributed by atoms with van der Waals surface area (Å²) in [5.74, 6) is -2.88. The van der Waals surface area contributed by atoms with Gasteiger partial charge in [0, 0.05) is 6.42 Å². The Hall–Kier alpha value is -3.51. The molecule has 4 saturated carbocycles. The second kappa shape index (κ2) is 40.0. The maximum absolute atomic E-state index is 16.5. The van der Waals surface area contributed by atoms with Crippen molar-refractivity contribution in [2.75, 3.05) is 33.0 Å². The van der Waals surface area contributed by atoms with E-state index < -0.39 is 298 Å². The van der Waals surface area contributed by atoms with Gasteiger partial charge in [0.25, 0.3) is 0 Å². The predicted octanol–water partition coefficient (Wildman–Crippen LogP) is -2.98. The number of carbonyl (C=O) groups is 3. The van der Waals surface area contributed by atoms with E-state index in [9.17, 15) is 102 Å². The van der Waals surface area contributed by atoms with Gasteiger partial charge in [-0.3, -0.25) is 9.59 Å². The van der Waals surface area contributed by atoms with Crippen molar-refractivity contribution in [2.45, 2.75) is 393 Å². The smallest absolute Gasteiger partial charge is 0.373 e. The number of nitrogens with one attached hydrogen (secondary N) is 1. The van der Waals surface area contributed by atoms with Gasteiger partial charge < -0.3 is 168 Å². The fraction of sp³-hybridized carbons (Fsp3) is 0.927. The Bertz CT molecular complexity index is 3410. The Balaban J connectivity index is 0.00000462. The van der Waals surface area contributed by atoms with Crippen molar-refractivity contribution in [1.82, 2.24) is 5.32 Å². The molecule has 38 nitrogen and oxygen atoms in total. The first-order valence-corrected chi connectivity index (χ1v) is 42.9. The third kappa shape index (κ3) is 19.0. The highest BCUT2D eigenvalue weighted by molar-refractivity contribution is 5.80. The van der Waals surface area contributed by atoms with Crippen LogP contribution < -0.4 is 5.32 Å². The van der Waals surface area contributed by atoms with Crippen LogP contribution in [0.5, 0.6) is 0 Å². The summed E-state index contributed by atoms with van der Waals surface area (Å²) in [5, 5.41) is 204. The van der Waals surface area contributed by atoms with E-state index in [4.69, 9.17) is 75.9 Å². The fourth-order valence-corrected chi connectivity index (χ4v) is 22.0. The Morgan fingerprint density at radius 1 is 0.500 bits per heavy atom. The zero-order valence-corrected chi connectivity index (χ0v) is 69.8. The topological polar surface area (TPSA) is 591 Å². The van der Waals surface area contributed by atoms with E-state index in [0.717, 1.165) is 56.8 Å². The molecule has 7 aliphatic heterocycles. The number of hydrogen-bond acceptors (Lipinski definition) is 37. The summed E-state index contributed by atoms with van der Waals surface area (Å²) in [6.07, 6.45) is -41.6. The molecule has 15 unspecified atom stereocenters. The van der Waals surface area contributed by atoms with Gasteiger partial charge >= 0.3 is 12.1 Å². The molecule has 0 aromatic heterocycles. The average Bonchev–Trinajstić information content (AvgIpc) is 0.668. The molecule has 5 aliphatic carbocycles. The molecule has 11 fully saturated rings. The lowest BCUT2D eigenvalue weighted by Crippen LogP contribution is -2.71. The Labute approximate surface area is 697 Å². The van der Waals surface area contributed by atoms with Crippen LogP contribution in [0.3, 0.4) is 0 Å². The molecule has 19 N–H and O–H groups in total. The Kier molecular flexibility index (Phi) is 32.4. The first-order chi connectivity index (χ1) is 56.7. The van der Waals surface area contributed by atoms with E-state index >= 15 is 4.79 Å². The van der Waals surface area contributed by atoms with Crippen molar-refractivity contribution >= 4 is 24.3 Å². The number of amides is 1. The normalized spacial score (nSPS) is 49.4. The molecule has 0 bridgehead atoms. The molecule has 1 amide bonds. The molecule has 12 aliphatic rings. The molecule has 688 valence electrons. The molecule has 7 saturated heterocycles. The summed E-state index contributed by atoms with van der Waals surface area (Å²) < 4.78 is 87.5.